The summed E-state index contributed by atoms with van der Waals surface area (Å²) in [6.07, 6.45) is 0. The second-order valence-corrected chi connectivity index (χ2v) is 7.15. The molecular formula is C22H14NO5S-. The first-order chi connectivity index (χ1) is 13.8. The summed E-state index contributed by atoms with van der Waals surface area (Å²) < 4.78 is 5.77. The van der Waals surface area contributed by atoms with Crippen LogP contribution in [0.1, 0.15) is 17.3 Å². The minimum Gasteiger partial charge on any atom is -0.872 e. The third kappa shape index (κ3) is 3.43. The molecule has 144 valence electrons. The van der Waals surface area contributed by atoms with Crippen molar-refractivity contribution in [3.05, 3.63) is 70.4 Å². The summed E-state index contributed by atoms with van der Waals surface area (Å²) in [5.41, 5.74) is 2.22. The molecule has 0 atom stereocenters. The molecular weight excluding hydrogens is 390 g/mol. The first-order valence-electron chi connectivity index (χ1n) is 8.66. The average Bonchev–Trinajstić information content (AvgIpc) is 2.65. The molecule has 6 nitrogen and oxygen atoms in total. The van der Waals surface area contributed by atoms with E-state index in [1.54, 1.807) is 31.2 Å². The summed E-state index contributed by atoms with van der Waals surface area (Å²) in [7, 11) is 0. The number of aromatic carboxylic acids is 1. The topological polar surface area (TPSA) is 103 Å². The van der Waals surface area contributed by atoms with Crippen LogP contribution in [0.15, 0.2) is 63.8 Å². The lowest BCUT2D eigenvalue weighted by atomic mass is 9.90. The van der Waals surface area contributed by atoms with Crippen molar-refractivity contribution in [2.45, 2.75) is 6.92 Å². The van der Waals surface area contributed by atoms with Gasteiger partial charge < -0.3 is 19.9 Å². The Bertz CT molecular complexity index is 1320. The van der Waals surface area contributed by atoms with Gasteiger partial charge in [0.2, 0.25) is 0 Å². The Labute approximate surface area is 170 Å². The molecule has 0 unspecified atom stereocenters. The molecule has 0 fully saturated rings. The van der Waals surface area contributed by atoms with Crippen molar-refractivity contribution in [3.63, 3.8) is 0 Å². The Balaban J connectivity index is 2.11. The first-order valence-corrected chi connectivity index (χ1v) is 9.07. The number of carboxylic acids is 1. The van der Waals surface area contributed by atoms with E-state index in [9.17, 15) is 19.8 Å². The summed E-state index contributed by atoms with van der Waals surface area (Å²) in [6.45, 7) is 1.70. The van der Waals surface area contributed by atoms with E-state index in [2.05, 4.69) is 5.32 Å². The van der Waals surface area contributed by atoms with Crippen molar-refractivity contribution in [2.75, 3.05) is 5.32 Å². The highest BCUT2D eigenvalue weighted by molar-refractivity contribution is 7.80. The molecule has 2 aromatic rings. The fourth-order valence-electron chi connectivity index (χ4n) is 3.36. The van der Waals surface area contributed by atoms with Crippen LogP contribution in [-0.4, -0.2) is 16.1 Å². The minimum absolute atomic E-state index is 0.0532. The summed E-state index contributed by atoms with van der Waals surface area (Å²) in [5, 5.41) is 25.2. The van der Waals surface area contributed by atoms with Crippen molar-refractivity contribution in [1.29, 1.82) is 0 Å². The summed E-state index contributed by atoms with van der Waals surface area (Å²) in [4.78, 5) is 24.4. The number of hydrogen-bond acceptors (Lipinski definition) is 5. The molecule has 1 aliphatic carbocycles. The van der Waals surface area contributed by atoms with Gasteiger partial charge in [0, 0.05) is 28.3 Å². The standard InChI is InChI=1S/C22H15NO5S/c1-11(29)23-12-2-5-15(18(8-12)22(26)27)21-16-6-3-13(24)9-19(16)28-20-10-14(25)4-7-17(20)21/h2-10,24H,1H3,(H,23,29)(H,26,27)/p-1. The van der Waals surface area contributed by atoms with Crippen LogP contribution in [0.4, 0.5) is 5.69 Å². The number of fused-ring (bicyclic) bond motifs is 2. The maximum atomic E-state index is 12.0. The zero-order valence-electron chi connectivity index (χ0n) is 15.2. The molecule has 2 N–H and O–H groups in total. The van der Waals surface area contributed by atoms with Gasteiger partial charge in [-0.05, 0) is 42.8 Å². The monoisotopic (exact) mass is 404 g/mol. The Morgan fingerprint density at radius 2 is 1.83 bits per heavy atom. The quantitative estimate of drug-likeness (QED) is 0.391. The van der Waals surface area contributed by atoms with Gasteiger partial charge in [-0.15, -0.1) is 5.75 Å². The van der Waals surface area contributed by atoms with Crippen LogP contribution in [0.25, 0.3) is 33.4 Å². The van der Waals surface area contributed by atoms with Gasteiger partial charge >= 0.3 is 5.97 Å². The summed E-state index contributed by atoms with van der Waals surface area (Å²) >= 11 is 5.03. The molecule has 0 amide bonds. The Hall–Kier alpha value is -3.71. The molecule has 0 spiro atoms. The molecule has 0 radical (unpaired) electrons. The van der Waals surface area contributed by atoms with E-state index >= 15 is 0 Å². The van der Waals surface area contributed by atoms with Gasteiger partial charge in [-0.3, -0.25) is 4.79 Å². The number of hydrogen-bond donors (Lipinski definition) is 2. The summed E-state index contributed by atoms with van der Waals surface area (Å²) in [6, 6.07) is 13.5. The molecule has 2 aromatic carbocycles. The van der Waals surface area contributed by atoms with E-state index in [0.717, 1.165) is 0 Å². The third-order valence-electron chi connectivity index (χ3n) is 4.50. The number of carboxylic acid groups (broad SMARTS) is 1. The number of carbonyl (C=O) groups is 1. The number of thiocarbonyl (C=S) groups is 1. The lowest BCUT2D eigenvalue weighted by Crippen LogP contribution is -2.07. The molecule has 0 aromatic heterocycles. The highest BCUT2D eigenvalue weighted by Crippen LogP contribution is 2.42. The molecule has 4 rings (SSSR count). The molecule has 0 bridgehead atoms. The van der Waals surface area contributed by atoms with Gasteiger partial charge in [0.25, 0.3) is 0 Å². The molecule has 0 saturated heterocycles. The van der Waals surface area contributed by atoms with Crippen molar-refractivity contribution < 1.29 is 19.4 Å². The Kier molecular flexibility index (Phi) is 4.52. The van der Waals surface area contributed by atoms with Crippen molar-refractivity contribution in [1.82, 2.24) is 0 Å². The molecule has 1 heterocycles. The second-order valence-electron chi connectivity index (χ2n) is 6.54. The summed E-state index contributed by atoms with van der Waals surface area (Å²) in [5.74, 6) is -1.09. The fourth-order valence-corrected chi connectivity index (χ4v) is 3.48. The average molecular weight is 404 g/mol. The van der Waals surface area contributed by atoms with E-state index in [0.29, 0.717) is 32.8 Å². The molecule has 1 aliphatic heterocycles. The maximum Gasteiger partial charge on any atom is 0.336 e. The smallest absolute Gasteiger partial charge is 0.336 e. The predicted octanol–water partition coefficient (Wildman–Crippen LogP) is 4.10. The zero-order chi connectivity index (χ0) is 20.7. The SMILES string of the molecule is CC(=S)Nc1ccc(-c2c3ccc(=O)cc-3oc3cc([O-])ccc23)c(C(=O)O)c1. The molecule has 2 aliphatic rings. The second kappa shape index (κ2) is 7.03. The number of anilines is 1. The molecule has 7 heteroatoms. The number of rotatable bonds is 3. The predicted molar refractivity (Wildman–Crippen MR) is 113 cm³/mol. The van der Waals surface area contributed by atoms with Crippen LogP contribution in [0, 0.1) is 0 Å². The van der Waals surface area contributed by atoms with Crippen molar-refractivity contribution in [3.8, 4) is 28.2 Å². The molecule has 0 saturated carbocycles. The van der Waals surface area contributed by atoms with Gasteiger partial charge in [0.15, 0.2) is 5.43 Å². The number of nitrogens with one attached hydrogen (secondary N) is 1. The first kappa shape index (κ1) is 18.6. The van der Waals surface area contributed by atoms with Crippen LogP contribution in [0.3, 0.4) is 0 Å². The maximum absolute atomic E-state index is 12.0. The van der Waals surface area contributed by atoms with Gasteiger partial charge in [0.1, 0.15) is 11.3 Å². The van der Waals surface area contributed by atoms with E-state index < -0.39 is 5.97 Å². The molecule has 29 heavy (non-hydrogen) atoms. The van der Waals surface area contributed by atoms with Crippen LogP contribution in [0.5, 0.6) is 5.75 Å². The van der Waals surface area contributed by atoms with Crippen LogP contribution >= 0.6 is 12.2 Å². The van der Waals surface area contributed by atoms with E-state index in [-0.39, 0.29) is 28.1 Å². The fraction of sp³-hybridized carbons (Fsp3) is 0.0455. The van der Waals surface area contributed by atoms with Crippen molar-refractivity contribution >= 4 is 39.8 Å². The Morgan fingerprint density at radius 3 is 2.55 bits per heavy atom. The van der Waals surface area contributed by atoms with Crippen LogP contribution in [-0.2, 0) is 0 Å². The van der Waals surface area contributed by atoms with Gasteiger partial charge in [-0.25, -0.2) is 4.79 Å². The lowest BCUT2D eigenvalue weighted by Gasteiger charge is -2.18. The lowest BCUT2D eigenvalue weighted by molar-refractivity contribution is -0.268. The highest BCUT2D eigenvalue weighted by atomic mass is 32.1. The van der Waals surface area contributed by atoms with Gasteiger partial charge in [-0.1, -0.05) is 30.4 Å². The minimum atomic E-state index is -1.12. The van der Waals surface area contributed by atoms with Crippen LogP contribution < -0.4 is 15.9 Å². The largest absolute Gasteiger partial charge is 0.872 e. The normalized spacial score (nSPS) is 10.9. The van der Waals surface area contributed by atoms with Crippen molar-refractivity contribution in [2.24, 2.45) is 0 Å². The van der Waals surface area contributed by atoms with Gasteiger partial charge in [0.05, 0.1) is 10.6 Å². The van der Waals surface area contributed by atoms with Gasteiger partial charge in [-0.2, -0.15) is 0 Å². The van der Waals surface area contributed by atoms with Crippen LogP contribution in [0.2, 0.25) is 0 Å². The highest BCUT2D eigenvalue weighted by Gasteiger charge is 2.21. The van der Waals surface area contributed by atoms with E-state index in [1.165, 1.54) is 30.3 Å². The number of benzene rings is 3. The third-order valence-corrected chi connectivity index (χ3v) is 4.61. The zero-order valence-corrected chi connectivity index (χ0v) is 16.0. The van der Waals surface area contributed by atoms with E-state index in [1.807, 2.05) is 0 Å². The van der Waals surface area contributed by atoms with E-state index in [4.69, 9.17) is 16.6 Å². The Morgan fingerprint density at radius 1 is 1.07 bits per heavy atom.